The second-order valence-corrected chi connectivity index (χ2v) is 10.8. The van der Waals surface area contributed by atoms with E-state index in [1.165, 1.54) is 11.3 Å². The Morgan fingerprint density at radius 2 is 1.86 bits per heavy atom. The Balaban J connectivity index is 1.49. The summed E-state index contributed by atoms with van der Waals surface area (Å²) in [4.78, 5) is 14.4. The van der Waals surface area contributed by atoms with Gasteiger partial charge in [0.1, 0.15) is 9.81 Å². The van der Waals surface area contributed by atoms with Crippen LogP contribution in [-0.4, -0.2) is 47.9 Å². The van der Waals surface area contributed by atoms with E-state index in [-0.39, 0.29) is 18.2 Å². The summed E-state index contributed by atoms with van der Waals surface area (Å²) in [6, 6.07) is 12.8. The molecule has 3 saturated heterocycles. The molecular formula is C20H22N2O4S2. The van der Waals surface area contributed by atoms with Gasteiger partial charge < -0.3 is 9.64 Å². The average Bonchev–Trinajstić information content (AvgIpc) is 3.24. The van der Waals surface area contributed by atoms with Crippen LogP contribution >= 0.6 is 11.3 Å². The number of fused-ring (bicyclic) bond motifs is 2. The molecule has 8 heteroatoms. The van der Waals surface area contributed by atoms with Crippen molar-refractivity contribution in [1.29, 1.82) is 0 Å². The van der Waals surface area contributed by atoms with Crippen molar-refractivity contribution in [3.8, 4) is 0 Å². The van der Waals surface area contributed by atoms with Gasteiger partial charge in [-0.3, -0.25) is 0 Å². The van der Waals surface area contributed by atoms with Gasteiger partial charge in [0.25, 0.3) is 10.0 Å². The average molecular weight is 419 g/mol. The molecule has 1 unspecified atom stereocenters. The number of carbonyl (C=O) groups excluding carboxylic acids is 1. The first-order valence-electron chi connectivity index (χ1n) is 9.58. The van der Waals surface area contributed by atoms with Crippen molar-refractivity contribution in [2.24, 2.45) is 0 Å². The molecule has 4 heterocycles. The first kappa shape index (κ1) is 18.1. The predicted molar refractivity (Wildman–Crippen MR) is 105 cm³/mol. The number of sulfonamides is 1. The molecule has 4 aliphatic rings. The molecule has 6 nitrogen and oxygen atoms in total. The van der Waals surface area contributed by atoms with Crippen LogP contribution < -0.4 is 0 Å². The minimum atomic E-state index is -3.61. The van der Waals surface area contributed by atoms with Crippen molar-refractivity contribution < 1.29 is 17.9 Å². The Kier molecular flexibility index (Phi) is 4.26. The predicted octanol–water partition coefficient (Wildman–Crippen LogP) is 3.45. The maximum atomic E-state index is 13.4. The van der Waals surface area contributed by atoms with Gasteiger partial charge in [0.05, 0.1) is 6.04 Å². The first-order valence-corrected chi connectivity index (χ1v) is 11.9. The van der Waals surface area contributed by atoms with Crippen LogP contribution in [0.5, 0.6) is 0 Å². The number of ether oxygens (including phenoxy) is 1. The number of hydrogen-bond donors (Lipinski definition) is 0. The van der Waals surface area contributed by atoms with Crippen LogP contribution in [0, 0.1) is 0 Å². The third-order valence-corrected chi connectivity index (χ3v) is 9.60. The summed E-state index contributed by atoms with van der Waals surface area (Å²) in [6.07, 6.45) is 2.63. The highest BCUT2D eigenvalue weighted by Gasteiger charge is 2.61. The second-order valence-electron chi connectivity index (χ2n) is 7.81. The van der Waals surface area contributed by atoms with Gasteiger partial charge in [-0.25, -0.2) is 13.2 Å². The van der Waals surface area contributed by atoms with Gasteiger partial charge >= 0.3 is 6.09 Å². The van der Waals surface area contributed by atoms with Crippen molar-refractivity contribution in [2.75, 3.05) is 6.54 Å². The van der Waals surface area contributed by atoms with Crippen molar-refractivity contribution in [3.63, 3.8) is 0 Å². The van der Waals surface area contributed by atoms with E-state index in [1.807, 2.05) is 30.3 Å². The number of piperidine rings is 2. The van der Waals surface area contributed by atoms with E-state index in [0.29, 0.717) is 17.3 Å². The van der Waals surface area contributed by atoms with Crippen LogP contribution in [0.2, 0.25) is 0 Å². The highest BCUT2D eigenvalue weighted by atomic mass is 32.2. The fraction of sp³-hybridized carbons (Fsp3) is 0.450. The Morgan fingerprint density at radius 3 is 2.54 bits per heavy atom. The highest BCUT2D eigenvalue weighted by Crippen LogP contribution is 2.49. The Bertz CT molecular complexity index is 967. The van der Waals surface area contributed by atoms with Crippen LogP contribution in [0.1, 0.15) is 31.2 Å². The first-order chi connectivity index (χ1) is 13.5. The van der Waals surface area contributed by atoms with Gasteiger partial charge in [-0.05, 0) is 42.7 Å². The standard InChI is InChI=1S/C20H22N2O4S2/c23-19-21(13-15-5-2-1-3-6-15)14-17-20(26-19)10-8-16(9-11-20)22(17)28(24,25)18-7-4-12-27-18/h1-7,12,16-17H,8-11,13-14H2. The Hall–Kier alpha value is -1.90. The maximum absolute atomic E-state index is 13.4. The summed E-state index contributed by atoms with van der Waals surface area (Å²) in [7, 11) is -3.61. The maximum Gasteiger partial charge on any atom is 0.410 e. The van der Waals surface area contributed by atoms with E-state index in [1.54, 1.807) is 26.7 Å². The van der Waals surface area contributed by atoms with E-state index in [9.17, 15) is 13.2 Å². The fourth-order valence-corrected chi connectivity index (χ4v) is 7.93. The zero-order valence-electron chi connectivity index (χ0n) is 15.4. The number of nitrogens with zero attached hydrogens (tertiary/aromatic N) is 2. The normalized spacial score (nSPS) is 30.1. The van der Waals surface area contributed by atoms with Crippen LogP contribution in [0.15, 0.2) is 52.1 Å². The lowest BCUT2D eigenvalue weighted by Gasteiger charge is -2.59. The molecule has 1 spiro atoms. The van der Waals surface area contributed by atoms with Crippen molar-refractivity contribution in [1.82, 2.24) is 9.21 Å². The fourth-order valence-electron chi connectivity index (χ4n) is 4.91. The molecule has 28 heavy (non-hydrogen) atoms. The van der Waals surface area contributed by atoms with Crippen LogP contribution in [-0.2, 0) is 21.3 Å². The van der Waals surface area contributed by atoms with Crippen LogP contribution in [0.25, 0.3) is 0 Å². The third kappa shape index (κ3) is 2.77. The Labute approximate surface area is 168 Å². The molecule has 1 aromatic carbocycles. The van der Waals surface area contributed by atoms with E-state index in [2.05, 4.69) is 0 Å². The van der Waals surface area contributed by atoms with E-state index in [0.717, 1.165) is 31.2 Å². The molecule has 1 saturated carbocycles. The van der Waals surface area contributed by atoms with Crippen LogP contribution in [0.3, 0.4) is 0 Å². The molecule has 1 aromatic heterocycles. The second kappa shape index (κ2) is 6.57. The molecule has 1 aliphatic carbocycles. The van der Waals surface area contributed by atoms with E-state index >= 15 is 0 Å². The van der Waals surface area contributed by atoms with Crippen LogP contribution in [0.4, 0.5) is 4.79 Å². The molecule has 2 bridgehead atoms. The van der Waals surface area contributed by atoms with Crippen molar-refractivity contribution >= 4 is 27.5 Å². The summed E-state index contributed by atoms with van der Waals surface area (Å²) in [5.74, 6) is 0. The van der Waals surface area contributed by atoms with E-state index in [4.69, 9.17) is 4.74 Å². The van der Waals surface area contributed by atoms with Gasteiger partial charge in [-0.1, -0.05) is 36.4 Å². The quantitative estimate of drug-likeness (QED) is 0.763. The molecule has 148 valence electrons. The molecule has 0 radical (unpaired) electrons. The molecule has 6 rings (SSSR count). The lowest BCUT2D eigenvalue weighted by Crippen LogP contribution is -2.73. The molecule has 0 N–H and O–H groups in total. The lowest BCUT2D eigenvalue weighted by molar-refractivity contribution is -0.153. The summed E-state index contributed by atoms with van der Waals surface area (Å²) < 4.78 is 34.8. The minimum Gasteiger partial charge on any atom is -0.441 e. The summed E-state index contributed by atoms with van der Waals surface area (Å²) in [5.41, 5.74) is 0.313. The van der Waals surface area contributed by atoms with E-state index < -0.39 is 15.6 Å². The number of carbonyl (C=O) groups is 1. The van der Waals surface area contributed by atoms with Gasteiger partial charge in [0.15, 0.2) is 0 Å². The number of rotatable bonds is 4. The summed E-state index contributed by atoms with van der Waals surface area (Å²) in [5, 5.41) is 1.79. The third-order valence-electron chi connectivity index (χ3n) is 6.26. The molecule has 1 atom stereocenters. The SMILES string of the molecule is O=C1OC23CCC(CC2)N(S(=O)(=O)c2cccs2)C3CN1Cc1ccccc1. The molecule has 4 fully saturated rings. The largest absolute Gasteiger partial charge is 0.441 e. The van der Waals surface area contributed by atoms with Gasteiger partial charge in [0.2, 0.25) is 0 Å². The van der Waals surface area contributed by atoms with Crippen molar-refractivity contribution in [2.45, 2.75) is 54.1 Å². The topological polar surface area (TPSA) is 66.9 Å². The molecule has 2 aromatic rings. The minimum absolute atomic E-state index is 0.0191. The molecular weight excluding hydrogens is 396 g/mol. The zero-order valence-corrected chi connectivity index (χ0v) is 17.0. The van der Waals surface area contributed by atoms with Gasteiger partial charge in [-0.15, -0.1) is 11.3 Å². The smallest absolute Gasteiger partial charge is 0.410 e. The van der Waals surface area contributed by atoms with Gasteiger partial charge in [-0.2, -0.15) is 4.31 Å². The lowest BCUT2D eigenvalue weighted by atomic mass is 9.71. The number of thiophene rings is 1. The summed E-state index contributed by atoms with van der Waals surface area (Å²) in [6.45, 7) is 0.790. The molecule has 3 aliphatic heterocycles. The Morgan fingerprint density at radius 1 is 1.11 bits per heavy atom. The zero-order chi connectivity index (χ0) is 19.4. The number of amides is 1. The summed E-state index contributed by atoms with van der Waals surface area (Å²) >= 11 is 1.24. The highest BCUT2D eigenvalue weighted by molar-refractivity contribution is 7.91. The van der Waals surface area contributed by atoms with Gasteiger partial charge in [0, 0.05) is 19.1 Å². The number of hydrogen-bond acceptors (Lipinski definition) is 5. The monoisotopic (exact) mass is 418 g/mol. The molecule has 1 amide bonds. The number of benzene rings is 1. The van der Waals surface area contributed by atoms with Crippen molar-refractivity contribution in [3.05, 3.63) is 53.4 Å².